The molecule has 0 N–H and O–H groups in total. The molecule has 4 rings (SSSR count). The maximum atomic E-state index is 11.4. The second-order valence-electron chi connectivity index (χ2n) is 5.11. The fraction of sp³-hybridized carbons (Fsp3) is 0. The average Bonchev–Trinajstić information content (AvgIpc) is 2.52. The molecule has 0 saturated heterocycles. The predicted molar refractivity (Wildman–Crippen MR) is 84.7 cm³/mol. The van der Waals surface area contributed by atoms with Crippen LogP contribution >= 0.6 is 0 Å². The van der Waals surface area contributed by atoms with Crippen LogP contribution in [0, 0.1) is 0 Å². The van der Waals surface area contributed by atoms with E-state index in [0.717, 1.165) is 21.5 Å². The fourth-order valence-corrected chi connectivity index (χ4v) is 3.56. The molecule has 0 aliphatic heterocycles. The Morgan fingerprint density at radius 1 is 0.783 bits per heavy atom. The van der Waals surface area contributed by atoms with Crippen molar-refractivity contribution in [3.63, 3.8) is 0 Å². The summed E-state index contributed by atoms with van der Waals surface area (Å²) < 4.78 is 34.2. The molecule has 1 aromatic heterocycles. The smallest absolute Gasteiger partial charge is 0.744 e. The number of hydrogen-bond acceptors (Lipinski definition) is 4. The third-order valence-corrected chi connectivity index (χ3v) is 4.76. The number of benzene rings is 3. The Morgan fingerprint density at radius 3 is 2.26 bits per heavy atom. The number of pyridine rings is 1. The molecule has 0 unspecified atom stereocenters. The van der Waals surface area contributed by atoms with Crippen LogP contribution in [0.15, 0.2) is 65.7 Å². The summed E-state index contributed by atoms with van der Waals surface area (Å²) in [5, 5.41) is 4.35. The Kier molecular flexibility index (Phi) is 4.16. The van der Waals surface area contributed by atoms with Gasteiger partial charge in [-0.2, -0.15) is 0 Å². The first-order valence-corrected chi connectivity index (χ1v) is 8.11. The van der Waals surface area contributed by atoms with E-state index in [0.29, 0.717) is 10.9 Å². The van der Waals surface area contributed by atoms with Gasteiger partial charge in [-0.3, -0.25) is 4.98 Å². The van der Waals surface area contributed by atoms with Crippen LogP contribution in [-0.2, 0) is 10.1 Å². The molecule has 1 heterocycles. The molecule has 0 aliphatic carbocycles. The molecule has 0 aliphatic rings. The maximum Gasteiger partial charge on any atom is 1.00 e. The zero-order chi connectivity index (χ0) is 15.3. The fourth-order valence-electron chi connectivity index (χ4n) is 2.90. The van der Waals surface area contributed by atoms with E-state index in [1.807, 2.05) is 42.5 Å². The summed E-state index contributed by atoms with van der Waals surface area (Å²) in [6.45, 7) is 0. The number of nitrogens with zero attached hydrogens (tertiary/aromatic N) is 1. The largest absolute Gasteiger partial charge is 1.00 e. The van der Waals surface area contributed by atoms with Crippen molar-refractivity contribution in [3.05, 3.63) is 60.8 Å². The summed E-state index contributed by atoms with van der Waals surface area (Å²) in [4.78, 5) is 4.06. The quantitative estimate of drug-likeness (QED) is 0.288. The van der Waals surface area contributed by atoms with Crippen LogP contribution in [0.2, 0.25) is 0 Å². The van der Waals surface area contributed by atoms with E-state index < -0.39 is 10.1 Å². The van der Waals surface area contributed by atoms with Gasteiger partial charge in [0.1, 0.15) is 10.1 Å². The molecule has 0 saturated carbocycles. The van der Waals surface area contributed by atoms with E-state index in [-0.39, 0.29) is 34.5 Å². The van der Waals surface area contributed by atoms with Gasteiger partial charge in [0.25, 0.3) is 0 Å². The maximum absolute atomic E-state index is 11.4. The van der Waals surface area contributed by atoms with E-state index in [1.165, 1.54) is 12.3 Å². The van der Waals surface area contributed by atoms with Gasteiger partial charge >= 0.3 is 29.6 Å². The molecule has 0 radical (unpaired) electrons. The van der Waals surface area contributed by atoms with Crippen molar-refractivity contribution in [2.75, 3.05) is 0 Å². The number of aromatic nitrogens is 1. The van der Waals surface area contributed by atoms with Crippen LogP contribution in [0.5, 0.6) is 0 Å². The van der Waals surface area contributed by atoms with E-state index in [2.05, 4.69) is 4.98 Å². The Hall–Kier alpha value is -1.50. The van der Waals surface area contributed by atoms with Gasteiger partial charge in [0.2, 0.25) is 0 Å². The van der Waals surface area contributed by atoms with Crippen molar-refractivity contribution in [3.8, 4) is 0 Å². The monoisotopic (exact) mass is 331 g/mol. The van der Waals surface area contributed by atoms with Crippen LogP contribution < -0.4 is 29.6 Å². The van der Waals surface area contributed by atoms with Gasteiger partial charge in [-0.1, -0.05) is 48.5 Å². The Labute approximate surface area is 155 Å². The van der Waals surface area contributed by atoms with Gasteiger partial charge in [-0.25, -0.2) is 8.42 Å². The molecule has 4 nitrogen and oxygen atoms in total. The number of hydrogen-bond donors (Lipinski definition) is 0. The van der Waals surface area contributed by atoms with Gasteiger partial charge in [0.05, 0.1) is 10.4 Å². The minimum absolute atomic E-state index is 0. The standard InChI is InChI=1S/C17H11NO3S.Na/c19-22(20,21)16-9-10-18-17-14-6-5-11-3-1-2-4-12(11)13(14)7-8-15(16)17;/h1-10H,(H,19,20,21);/q;+1/p-1. The zero-order valence-corrected chi connectivity index (χ0v) is 15.2. The minimum atomic E-state index is -4.53. The molecule has 0 spiro atoms. The van der Waals surface area contributed by atoms with Crippen molar-refractivity contribution in [2.24, 2.45) is 0 Å². The van der Waals surface area contributed by atoms with Crippen molar-refractivity contribution in [1.82, 2.24) is 4.98 Å². The van der Waals surface area contributed by atoms with Gasteiger partial charge in [0.15, 0.2) is 0 Å². The molecule has 6 heteroatoms. The van der Waals surface area contributed by atoms with E-state index in [4.69, 9.17) is 0 Å². The third kappa shape index (κ3) is 2.65. The minimum Gasteiger partial charge on any atom is -0.744 e. The summed E-state index contributed by atoms with van der Waals surface area (Å²) in [5.74, 6) is 0. The molecule has 0 atom stereocenters. The first-order valence-electron chi connectivity index (χ1n) is 6.71. The SMILES string of the molecule is O=S(=O)([O-])c1ccnc2c1ccc1c3ccccc3ccc12.[Na+]. The molecular weight excluding hydrogens is 321 g/mol. The van der Waals surface area contributed by atoms with E-state index in [9.17, 15) is 13.0 Å². The molecule has 0 amide bonds. The first kappa shape index (κ1) is 16.4. The summed E-state index contributed by atoms with van der Waals surface area (Å²) in [7, 11) is -4.53. The predicted octanol–water partition coefficient (Wildman–Crippen LogP) is 0.449. The van der Waals surface area contributed by atoms with Crippen LogP contribution in [-0.4, -0.2) is 18.0 Å². The topological polar surface area (TPSA) is 70.1 Å². The van der Waals surface area contributed by atoms with Gasteiger partial charge in [-0.05, 0) is 22.2 Å². The van der Waals surface area contributed by atoms with Crippen LogP contribution in [0.3, 0.4) is 0 Å². The summed E-state index contributed by atoms with van der Waals surface area (Å²) in [6, 6.07) is 16.6. The third-order valence-electron chi connectivity index (χ3n) is 3.86. The van der Waals surface area contributed by atoms with Crippen LogP contribution in [0.25, 0.3) is 32.4 Å². The molecule has 3 aromatic carbocycles. The Bertz CT molecular complexity index is 1160. The molecule has 4 aromatic rings. The summed E-state index contributed by atoms with van der Waals surface area (Å²) >= 11 is 0. The Balaban J connectivity index is 0.00000156. The molecule has 0 fully saturated rings. The summed E-state index contributed by atoms with van der Waals surface area (Å²) in [5.41, 5.74) is 0.528. The van der Waals surface area contributed by atoms with Gasteiger partial charge < -0.3 is 4.55 Å². The normalized spacial score (nSPS) is 11.7. The van der Waals surface area contributed by atoms with E-state index in [1.54, 1.807) is 6.07 Å². The second kappa shape index (κ2) is 5.85. The second-order valence-corrected chi connectivity index (χ2v) is 6.45. The van der Waals surface area contributed by atoms with Crippen molar-refractivity contribution in [1.29, 1.82) is 0 Å². The first-order chi connectivity index (χ1) is 10.6. The average molecular weight is 331 g/mol. The van der Waals surface area contributed by atoms with Crippen molar-refractivity contribution >= 4 is 42.6 Å². The van der Waals surface area contributed by atoms with Gasteiger partial charge in [-0.15, -0.1) is 0 Å². The Morgan fingerprint density at radius 2 is 1.48 bits per heavy atom. The van der Waals surface area contributed by atoms with Crippen molar-refractivity contribution < 1.29 is 42.5 Å². The molecule has 23 heavy (non-hydrogen) atoms. The van der Waals surface area contributed by atoms with Crippen LogP contribution in [0.4, 0.5) is 0 Å². The molecular formula is C17H10NNaO3S. The molecule has 0 bridgehead atoms. The van der Waals surface area contributed by atoms with Gasteiger partial charge in [0, 0.05) is 17.0 Å². The zero-order valence-electron chi connectivity index (χ0n) is 12.4. The molecule has 108 valence electrons. The van der Waals surface area contributed by atoms with Crippen LogP contribution in [0.1, 0.15) is 0 Å². The number of rotatable bonds is 1. The van der Waals surface area contributed by atoms with Crippen molar-refractivity contribution in [2.45, 2.75) is 4.90 Å². The number of fused-ring (bicyclic) bond motifs is 5. The van der Waals surface area contributed by atoms with E-state index >= 15 is 0 Å². The summed E-state index contributed by atoms with van der Waals surface area (Å²) in [6.07, 6.45) is 1.36.